The van der Waals surface area contributed by atoms with Crippen molar-refractivity contribution in [1.29, 1.82) is 0 Å². The standard InChI is InChI=1S/C26H30N2O3S/c1-3-30-24-10-9-20(15-25(24)31-4-2)26(29)27-16-23(22-12-14-32-18-22)28-13-11-19-7-5-6-8-21(19)17-28/h5-10,12,14-15,18,23H,3-4,11,13,16-17H2,1-2H3,(H,27,29). The first-order valence-corrected chi connectivity index (χ1v) is 12.1. The van der Waals surface area contributed by atoms with Crippen LogP contribution in [0.2, 0.25) is 0 Å². The van der Waals surface area contributed by atoms with Gasteiger partial charge < -0.3 is 14.8 Å². The van der Waals surface area contributed by atoms with Gasteiger partial charge in [-0.05, 0) is 72.0 Å². The summed E-state index contributed by atoms with van der Waals surface area (Å²) in [5.41, 5.74) is 4.62. The Hall–Kier alpha value is -2.83. The van der Waals surface area contributed by atoms with E-state index in [1.807, 2.05) is 13.8 Å². The van der Waals surface area contributed by atoms with Crippen molar-refractivity contribution in [2.24, 2.45) is 0 Å². The molecule has 5 nitrogen and oxygen atoms in total. The number of hydrogen-bond acceptors (Lipinski definition) is 5. The number of carbonyl (C=O) groups is 1. The molecule has 0 saturated carbocycles. The molecule has 1 amide bonds. The van der Waals surface area contributed by atoms with Gasteiger partial charge in [-0.25, -0.2) is 0 Å². The molecule has 1 aliphatic heterocycles. The van der Waals surface area contributed by atoms with Gasteiger partial charge in [0.05, 0.1) is 19.3 Å². The average molecular weight is 451 g/mol. The number of thiophene rings is 1. The lowest BCUT2D eigenvalue weighted by atomic mass is 9.97. The third-order valence-electron chi connectivity index (χ3n) is 5.79. The van der Waals surface area contributed by atoms with Gasteiger partial charge in [-0.1, -0.05) is 24.3 Å². The van der Waals surface area contributed by atoms with Crippen LogP contribution in [0.4, 0.5) is 0 Å². The Morgan fingerprint density at radius 1 is 1.06 bits per heavy atom. The van der Waals surface area contributed by atoms with E-state index in [0.29, 0.717) is 36.8 Å². The third-order valence-corrected chi connectivity index (χ3v) is 6.49. The van der Waals surface area contributed by atoms with E-state index < -0.39 is 0 Å². The Balaban J connectivity index is 1.48. The molecular formula is C26H30N2O3S. The minimum absolute atomic E-state index is 0.105. The Labute approximate surface area is 194 Å². The Morgan fingerprint density at radius 3 is 2.59 bits per heavy atom. The molecule has 0 aliphatic carbocycles. The topological polar surface area (TPSA) is 50.8 Å². The van der Waals surface area contributed by atoms with Crippen LogP contribution in [-0.2, 0) is 13.0 Å². The molecule has 168 valence electrons. The van der Waals surface area contributed by atoms with Crippen LogP contribution in [0.15, 0.2) is 59.3 Å². The van der Waals surface area contributed by atoms with Crippen LogP contribution in [0.5, 0.6) is 11.5 Å². The smallest absolute Gasteiger partial charge is 0.251 e. The quantitative estimate of drug-likeness (QED) is 0.494. The lowest BCUT2D eigenvalue weighted by Crippen LogP contribution is -2.40. The molecule has 1 N–H and O–H groups in total. The van der Waals surface area contributed by atoms with Gasteiger partial charge in [-0.3, -0.25) is 9.69 Å². The minimum atomic E-state index is -0.105. The summed E-state index contributed by atoms with van der Waals surface area (Å²) in [5, 5.41) is 7.44. The Bertz CT molecular complexity index is 1040. The average Bonchev–Trinajstić information content (AvgIpc) is 3.35. The van der Waals surface area contributed by atoms with E-state index in [4.69, 9.17) is 9.47 Å². The van der Waals surface area contributed by atoms with E-state index in [2.05, 4.69) is 51.3 Å². The molecule has 32 heavy (non-hydrogen) atoms. The van der Waals surface area contributed by atoms with Crippen molar-refractivity contribution in [2.45, 2.75) is 32.9 Å². The third kappa shape index (κ3) is 5.14. The fraction of sp³-hybridized carbons (Fsp3) is 0.346. The summed E-state index contributed by atoms with van der Waals surface area (Å²) in [6, 6.07) is 16.3. The van der Waals surface area contributed by atoms with Crippen molar-refractivity contribution in [1.82, 2.24) is 10.2 Å². The number of hydrogen-bond donors (Lipinski definition) is 1. The molecular weight excluding hydrogens is 420 g/mol. The van der Waals surface area contributed by atoms with E-state index in [1.165, 1.54) is 16.7 Å². The van der Waals surface area contributed by atoms with Crippen LogP contribution in [0.25, 0.3) is 0 Å². The normalized spacial score (nSPS) is 14.4. The lowest BCUT2D eigenvalue weighted by molar-refractivity contribution is 0.0927. The van der Waals surface area contributed by atoms with Gasteiger partial charge in [0, 0.05) is 25.2 Å². The van der Waals surface area contributed by atoms with Crippen LogP contribution in [-0.4, -0.2) is 37.1 Å². The lowest BCUT2D eigenvalue weighted by Gasteiger charge is -2.35. The molecule has 0 radical (unpaired) electrons. The first-order chi connectivity index (χ1) is 15.7. The van der Waals surface area contributed by atoms with Crippen LogP contribution in [0.3, 0.4) is 0 Å². The number of carbonyl (C=O) groups excluding carboxylic acids is 1. The maximum absolute atomic E-state index is 13.0. The van der Waals surface area contributed by atoms with E-state index in [-0.39, 0.29) is 11.9 Å². The van der Waals surface area contributed by atoms with Crippen molar-refractivity contribution in [3.05, 3.63) is 81.5 Å². The first-order valence-electron chi connectivity index (χ1n) is 11.2. The van der Waals surface area contributed by atoms with Crippen LogP contribution >= 0.6 is 11.3 Å². The predicted molar refractivity (Wildman–Crippen MR) is 129 cm³/mol. The number of benzene rings is 2. The summed E-state index contributed by atoms with van der Waals surface area (Å²) < 4.78 is 11.3. The molecule has 1 unspecified atom stereocenters. The van der Waals surface area contributed by atoms with Crippen molar-refractivity contribution < 1.29 is 14.3 Å². The number of ether oxygens (including phenoxy) is 2. The van der Waals surface area contributed by atoms with Crippen molar-refractivity contribution in [3.63, 3.8) is 0 Å². The molecule has 6 heteroatoms. The predicted octanol–water partition coefficient (Wildman–Crippen LogP) is 5.07. The Morgan fingerprint density at radius 2 is 1.84 bits per heavy atom. The fourth-order valence-electron chi connectivity index (χ4n) is 4.19. The number of nitrogens with one attached hydrogen (secondary N) is 1. The molecule has 4 rings (SSSR count). The fourth-order valence-corrected chi connectivity index (χ4v) is 4.90. The maximum atomic E-state index is 13.0. The molecule has 2 aromatic carbocycles. The largest absolute Gasteiger partial charge is 0.490 e. The summed E-state index contributed by atoms with van der Waals surface area (Å²) in [6.45, 7) is 7.34. The van der Waals surface area contributed by atoms with Gasteiger partial charge in [0.1, 0.15) is 0 Å². The van der Waals surface area contributed by atoms with E-state index in [0.717, 1.165) is 19.5 Å². The van der Waals surface area contributed by atoms with Gasteiger partial charge in [-0.15, -0.1) is 0 Å². The van der Waals surface area contributed by atoms with E-state index >= 15 is 0 Å². The summed E-state index contributed by atoms with van der Waals surface area (Å²) in [6.07, 6.45) is 1.03. The van der Waals surface area contributed by atoms with Crippen molar-refractivity contribution >= 4 is 17.2 Å². The Kier molecular flexibility index (Phi) is 7.45. The highest BCUT2D eigenvalue weighted by Crippen LogP contribution is 2.30. The van der Waals surface area contributed by atoms with Gasteiger partial charge in [0.2, 0.25) is 0 Å². The summed E-state index contributed by atoms with van der Waals surface area (Å²) in [4.78, 5) is 15.5. The molecule has 1 aromatic heterocycles. The van der Waals surface area contributed by atoms with E-state index in [9.17, 15) is 4.79 Å². The van der Waals surface area contributed by atoms with Crippen molar-refractivity contribution in [2.75, 3.05) is 26.3 Å². The van der Waals surface area contributed by atoms with Gasteiger partial charge in [0.25, 0.3) is 5.91 Å². The van der Waals surface area contributed by atoms with Crippen LogP contribution in [0.1, 0.15) is 46.9 Å². The molecule has 0 bridgehead atoms. The van der Waals surface area contributed by atoms with Crippen LogP contribution < -0.4 is 14.8 Å². The second-order valence-corrected chi connectivity index (χ2v) is 8.58. The summed E-state index contributed by atoms with van der Waals surface area (Å²) >= 11 is 1.69. The van der Waals surface area contributed by atoms with Crippen molar-refractivity contribution in [3.8, 4) is 11.5 Å². The van der Waals surface area contributed by atoms with Gasteiger partial charge in [0.15, 0.2) is 11.5 Å². The molecule has 1 aliphatic rings. The molecule has 0 spiro atoms. The highest BCUT2D eigenvalue weighted by molar-refractivity contribution is 7.08. The molecule has 2 heterocycles. The van der Waals surface area contributed by atoms with E-state index in [1.54, 1.807) is 29.5 Å². The zero-order valence-corrected chi connectivity index (χ0v) is 19.5. The molecule has 1 atom stereocenters. The second kappa shape index (κ2) is 10.7. The van der Waals surface area contributed by atoms with Gasteiger partial charge >= 0.3 is 0 Å². The number of nitrogens with zero attached hydrogens (tertiary/aromatic N) is 1. The number of amides is 1. The molecule has 0 fully saturated rings. The first kappa shape index (κ1) is 22.4. The number of fused-ring (bicyclic) bond motifs is 1. The highest BCUT2D eigenvalue weighted by atomic mass is 32.1. The van der Waals surface area contributed by atoms with Gasteiger partial charge in [-0.2, -0.15) is 11.3 Å². The minimum Gasteiger partial charge on any atom is -0.490 e. The zero-order chi connectivity index (χ0) is 22.3. The SMILES string of the molecule is CCOc1ccc(C(=O)NCC(c2ccsc2)N2CCc3ccccc3C2)cc1OCC. The number of rotatable bonds is 9. The maximum Gasteiger partial charge on any atom is 0.251 e. The molecule has 3 aromatic rings. The second-order valence-electron chi connectivity index (χ2n) is 7.80. The summed E-state index contributed by atoms with van der Waals surface area (Å²) in [7, 11) is 0. The zero-order valence-electron chi connectivity index (χ0n) is 18.7. The highest BCUT2D eigenvalue weighted by Gasteiger charge is 2.25. The molecule has 0 saturated heterocycles. The summed E-state index contributed by atoms with van der Waals surface area (Å²) in [5.74, 6) is 1.16. The monoisotopic (exact) mass is 450 g/mol. The van der Waals surface area contributed by atoms with Crippen LogP contribution in [0, 0.1) is 0 Å².